The molecule has 0 heterocycles. The van der Waals surface area contributed by atoms with Crippen molar-refractivity contribution in [2.24, 2.45) is 0 Å². The van der Waals surface area contributed by atoms with Gasteiger partial charge in [0.2, 0.25) is 0 Å². The van der Waals surface area contributed by atoms with E-state index in [4.69, 9.17) is 12.2 Å². The van der Waals surface area contributed by atoms with Crippen molar-refractivity contribution in [3.05, 3.63) is 0 Å². The van der Waals surface area contributed by atoms with Gasteiger partial charge in [-0.25, -0.2) is 0 Å². The molecule has 0 aromatic carbocycles. The second-order valence-electron chi connectivity index (χ2n) is 2.65. The molecule has 0 spiro atoms. The average molecular weight is 212 g/mol. The molecule has 68 valence electrons. The minimum Gasteiger partial charge on any atom is -0.365 e. The molecule has 0 radical (unpaired) electrons. The quantitative estimate of drug-likeness (QED) is 0.394. The van der Waals surface area contributed by atoms with Gasteiger partial charge in [-0.05, 0) is 14.1 Å². The lowest BCUT2D eigenvalue weighted by Gasteiger charge is -2.15. The Morgan fingerprint density at radius 3 is 2.27 bits per heavy atom. The highest BCUT2D eigenvalue weighted by atomic mass is 33.1. The molecule has 0 fully saturated rings. The van der Waals surface area contributed by atoms with Crippen molar-refractivity contribution in [1.29, 1.82) is 0 Å². The van der Waals surface area contributed by atoms with Crippen molar-refractivity contribution in [3.8, 4) is 0 Å². The highest BCUT2D eigenvalue weighted by molar-refractivity contribution is 8.83. The van der Waals surface area contributed by atoms with Crippen LogP contribution in [0.2, 0.25) is 0 Å². The maximum Gasteiger partial charge on any atom is 0.122 e. The third-order valence-electron chi connectivity index (χ3n) is 0.888. The van der Waals surface area contributed by atoms with Crippen LogP contribution < -0.4 is 0 Å². The van der Waals surface area contributed by atoms with E-state index in [1.807, 2.05) is 29.8 Å². The molecule has 0 aliphatic carbocycles. The first-order valence-electron chi connectivity index (χ1n) is 3.28. The molecule has 0 N–H and O–H groups in total. The summed E-state index contributed by atoms with van der Waals surface area (Å²) in [6, 6.07) is 0. The van der Waals surface area contributed by atoms with Crippen LogP contribution in [0.15, 0.2) is 0 Å². The summed E-state index contributed by atoms with van der Waals surface area (Å²) >= 11 is 5.13. The van der Waals surface area contributed by atoms with Crippen LogP contribution in [0.3, 0.4) is 0 Å². The van der Waals surface area contributed by atoms with Crippen molar-refractivity contribution in [3.63, 3.8) is 0 Å². The minimum atomic E-state index is 0.712. The number of hydrogen-bond donors (Lipinski definition) is 0. The van der Waals surface area contributed by atoms with E-state index in [1.54, 1.807) is 0 Å². The van der Waals surface area contributed by atoms with Gasteiger partial charge in [0.15, 0.2) is 0 Å². The average Bonchev–Trinajstić information content (AvgIpc) is 1.86. The molecule has 5 heteroatoms. The monoisotopic (exact) mass is 212 g/mol. The summed E-state index contributed by atoms with van der Waals surface area (Å²) in [5.74, 6) is 1.05. The summed E-state index contributed by atoms with van der Waals surface area (Å²) in [7, 11) is 10.7. The Morgan fingerprint density at radius 1 is 1.36 bits per heavy atom. The zero-order valence-corrected chi connectivity index (χ0v) is 10.1. The van der Waals surface area contributed by atoms with Crippen LogP contribution in [0.5, 0.6) is 0 Å². The van der Waals surface area contributed by atoms with Crippen LogP contribution in [0.25, 0.3) is 0 Å². The summed E-state index contributed by atoms with van der Waals surface area (Å²) in [6.07, 6.45) is 0. The summed E-state index contributed by atoms with van der Waals surface area (Å²) in [6.45, 7) is 0. The van der Waals surface area contributed by atoms with E-state index in [9.17, 15) is 0 Å². The molecule has 0 amide bonds. The van der Waals surface area contributed by atoms with Crippen LogP contribution in [-0.2, 0) is 0 Å². The molecule has 0 saturated carbocycles. The van der Waals surface area contributed by atoms with Crippen LogP contribution >= 0.6 is 33.8 Å². The number of rotatable bonds is 3. The first kappa shape index (κ1) is 11.6. The molecular weight excluding hydrogens is 196 g/mol. The highest BCUT2D eigenvalue weighted by Gasteiger charge is 1.96. The maximum atomic E-state index is 5.13. The van der Waals surface area contributed by atoms with Gasteiger partial charge in [-0.3, -0.25) is 4.90 Å². The smallest absolute Gasteiger partial charge is 0.122 e. The van der Waals surface area contributed by atoms with Crippen molar-refractivity contribution in [1.82, 2.24) is 9.80 Å². The fourth-order valence-corrected chi connectivity index (χ4v) is 3.36. The predicted molar refractivity (Wildman–Crippen MR) is 62.8 cm³/mol. The van der Waals surface area contributed by atoms with Gasteiger partial charge >= 0.3 is 0 Å². The van der Waals surface area contributed by atoms with Gasteiger partial charge in [-0.15, -0.1) is 0 Å². The number of thiocarbonyl (C=S) groups is 1. The van der Waals surface area contributed by atoms with Gasteiger partial charge in [0.1, 0.15) is 4.32 Å². The van der Waals surface area contributed by atoms with E-state index in [0.717, 1.165) is 10.2 Å². The Kier molecular flexibility index (Phi) is 6.41. The first-order valence-corrected chi connectivity index (χ1v) is 6.39. The molecular formula is C6H16N2S3. The third kappa shape index (κ3) is 6.93. The van der Waals surface area contributed by atoms with Crippen LogP contribution in [0.1, 0.15) is 0 Å². The van der Waals surface area contributed by atoms with E-state index in [2.05, 4.69) is 19.0 Å². The van der Waals surface area contributed by atoms with E-state index < -0.39 is 0 Å². The minimum absolute atomic E-state index is 0.712. The Balaban J connectivity index is 3.32. The molecule has 0 aromatic heterocycles. The molecule has 0 unspecified atom stereocenters. The summed E-state index contributed by atoms with van der Waals surface area (Å²) in [5, 5.41) is 0. The third-order valence-corrected chi connectivity index (χ3v) is 4.76. The van der Waals surface area contributed by atoms with Crippen LogP contribution in [-0.4, -0.2) is 48.2 Å². The largest absolute Gasteiger partial charge is 0.365 e. The van der Waals surface area contributed by atoms with E-state index in [1.165, 1.54) is 0 Å². The molecule has 0 aliphatic heterocycles. The maximum absolute atomic E-state index is 5.13. The Labute approximate surface area is 82.1 Å². The Bertz CT molecular complexity index is 125. The Hall–Kier alpha value is 0.550. The highest BCUT2D eigenvalue weighted by Crippen LogP contribution is 2.23. The number of nitrogens with zero attached hydrogens (tertiary/aromatic N) is 2. The number of hydrogen-bond acceptors (Lipinski definition) is 3. The molecule has 0 atom stereocenters. The fraction of sp³-hybridized carbons (Fsp3) is 0.833. The van der Waals surface area contributed by atoms with Crippen molar-refractivity contribution in [2.75, 3.05) is 34.1 Å². The zero-order valence-electron chi connectivity index (χ0n) is 7.42. The van der Waals surface area contributed by atoms with Gasteiger partial charge in [0.05, 0.1) is 5.88 Å². The van der Waals surface area contributed by atoms with Gasteiger partial charge in [-0.2, -0.15) is 10.8 Å². The topological polar surface area (TPSA) is 6.48 Å². The lowest BCUT2D eigenvalue weighted by Crippen LogP contribution is -2.16. The zero-order chi connectivity index (χ0) is 8.85. The normalized spacial score (nSPS) is 12.1. The summed E-state index contributed by atoms with van der Waals surface area (Å²) < 4.78 is 1.04. The summed E-state index contributed by atoms with van der Waals surface area (Å²) in [5.41, 5.74) is 0. The second kappa shape index (κ2) is 6.11. The van der Waals surface area contributed by atoms with E-state index in [-0.39, 0.29) is 0 Å². The predicted octanol–water partition coefficient (Wildman–Crippen LogP) is 1.20. The lowest BCUT2D eigenvalue weighted by molar-refractivity contribution is 0.487. The van der Waals surface area contributed by atoms with Crippen LogP contribution in [0, 0.1) is 0 Å². The standard InChI is InChI=1S/C6H16N2S3/c1-7(2)5-10-11-6(9)8(3)4/h5,11H2,1-4H3. The van der Waals surface area contributed by atoms with Gasteiger partial charge in [-0.1, -0.05) is 23.0 Å². The van der Waals surface area contributed by atoms with Gasteiger partial charge in [0, 0.05) is 14.1 Å². The first-order chi connectivity index (χ1) is 5.04. The molecule has 0 aromatic rings. The van der Waals surface area contributed by atoms with E-state index in [0.29, 0.717) is 10.8 Å². The van der Waals surface area contributed by atoms with E-state index >= 15 is 0 Å². The second-order valence-corrected chi connectivity index (χ2v) is 6.11. The van der Waals surface area contributed by atoms with Crippen molar-refractivity contribution in [2.45, 2.75) is 0 Å². The molecule has 0 rings (SSSR count). The fourth-order valence-electron chi connectivity index (χ4n) is 0.314. The van der Waals surface area contributed by atoms with Gasteiger partial charge in [0.25, 0.3) is 0 Å². The van der Waals surface area contributed by atoms with Crippen molar-refractivity contribution >= 4 is 38.1 Å². The molecule has 0 aliphatic rings. The SMILES string of the molecule is CN(C)CS[SH2]C(=S)N(C)C. The molecule has 11 heavy (non-hydrogen) atoms. The molecule has 0 saturated heterocycles. The Morgan fingerprint density at radius 2 is 1.91 bits per heavy atom. The van der Waals surface area contributed by atoms with Gasteiger partial charge < -0.3 is 4.90 Å². The molecule has 0 bridgehead atoms. The lowest BCUT2D eigenvalue weighted by atomic mass is 11.0. The van der Waals surface area contributed by atoms with Crippen LogP contribution in [0.4, 0.5) is 0 Å². The summed E-state index contributed by atoms with van der Waals surface area (Å²) in [4.78, 5) is 4.15. The van der Waals surface area contributed by atoms with Crippen molar-refractivity contribution < 1.29 is 0 Å². The molecule has 2 nitrogen and oxygen atoms in total.